The molecule has 14 heteroatoms. The minimum absolute atomic E-state index is 0.00829. The molecule has 0 radical (unpaired) electrons. The number of aliphatic carboxylic acids is 2. The summed E-state index contributed by atoms with van der Waals surface area (Å²) in [6.07, 6.45) is 1.03. The van der Waals surface area contributed by atoms with Crippen molar-refractivity contribution < 1.29 is 48.7 Å². The van der Waals surface area contributed by atoms with E-state index in [1.54, 1.807) is 28.1 Å². The molecule has 276 valence electrons. The number of nitrogens with two attached hydrogens (primary N) is 3. The number of methoxy groups -OCH3 is 2. The predicted octanol–water partition coefficient (Wildman–Crippen LogP) is 2.17. The van der Waals surface area contributed by atoms with Gasteiger partial charge in [-0.2, -0.15) is 0 Å². The van der Waals surface area contributed by atoms with Gasteiger partial charge in [0, 0.05) is 38.6 Å². The average Bonchev–Trinajstić information content (AvgIpc) is 3.00. The second-order valence-corrected chi connectivity index (χ2v) is 13.4. The van der Waals surface area contributed by atoms with Gasteiger partial charge < -0.3 is 52.0 Å². The molecule has 0 unspecified atom stereocenters. The maximum absolute atomic E-state index is 12.9. The highest BCUT2D eigenvalue weighted by molar-refractivity contribution is 5.83. The third-order valence-corrected chi connectivity index (χ3v) is 8.21. The quantitative estimate of drug-likeness (QED) is 0.0869. The van der Waals surface area contributed by atoms with Crippen LogP contribution in [0.1, 0.15) is 72.8 Å². The third kappa shape index (κ3) is 17.1. The summed E-state index contributed by atoms with van der Waals surface area (Å²) in [6, 6.07) is 4.18. The number of carbonyl (C=O) groups is 4. The first-order valence-corrected chi connectivity index (χ1v) is 16.3. The van der Waals surface area contributed by atoms with Gasteiger partial charge in [0.15, 0.2) is 11.5 Å². The summed E-state index contributed by atoms with van der Waals surface area (Å²) in [5, 5.41) is 29.9. The molecule has 48 heavy (non-hydrogen) atoms. The fourth-order valence-electron chi connectivity index (χ4n) is 4.67. The van der Waals surface area contributed by atoms with Gasteiger partial charge in [-0.15, -0.1) is 0 Å². The highest BCUT2D eigenvalue weighted by Gasteiger charge is 2.32. The van der Waals surface area contributed by atoms with E-state index in [4.69, 9.17) is 41.6 Å². The number of carboxylic acids is 2. The lowest BCUT2D eigenvalue weighted by Gasteiger charge is -2.30. The van der Waals surface area contributed by atoms with Crippen LogP contribution in [0.4, 0.5) is 0 Å². The van der Waals surface area contributed by atoms with Crippen LogP contribution in [0, 0.1) is 29.1 Å². The summed E-state index contributed by atoms with van der Waals surface area (Å²) in [5.41, 5.74) is 17.0. The number of primary amides is 1. The van der Waals surface area contributed by atoms with Gasteiger partial charge in [0.2, 0.25) is 11.8 Å². The Morgan fingerprint density at radius 3 is 2.02 bits per heavy atom. The van der Waals surface area contributed by atoms with Gasteiger partial charge in [-0.1, -0.05) is 33.8 Å². The van der Waals surface area contributed by atoms with Crippen molar-refractivity contribution in [3.8, 4) is 11.5 Å². The van der Waals surface area contributed by atoms with Crippen molar-refractivity contribution in [2.24, 2.45) is 46.3 Å². The maximum atomic E-state index is 12.9. The molecule has 0 aliphatic rings. The number of carbonyl (C=O) groups excluding carboxylic acids is 2. The number of rotatable bonds is 22. The van der Waals surface area contributed by atoms with Gasteiger partial charge in [-0.25, -0.2) is 0 Å². The van der Waals surface area contributed by atoms with Crippen molar-refractivity contribution in [2.75, 3.05) is 34.0 Å². The Morgan fingerprint density at radius 1 is 0.938 bits per heavy atom. The zero-order valence-corrected chi connectivity index (χ0v) is 29.9. The van der Waals surface area contributed by atoms with Crippen molar-refractivity contribution in [3.05, 3.63) is 23.8 Å². The molecule has 0 aromatic heterocycles. The monoisotopic (exact) mass is 684 g/mol. The standard InChI is InChI=1S/C30H53N3O6.C4H7NO4/c1-19(2)22(14-21-10-11-26(38-8)27(15-21)39-13-9-12-37-7)16-24(31)25(34)17-23(20(3)4)28(35)33-18-30(5,6)29(32)36;5-2(4(8)9)1-3(6)7/h10-11,15,19-20,22-25,34H,9,12-14,16-18,31H2,1-8H3,(H2,32,36)(H,33,35);2H,1,5H2,(H,6,7)(H,8,9)/t22-,23-,24-,25-;2-/m01/s1. The molecule has 1 rings (SSSR count). The molecule has 5 atom stereocenters. The normalized spacial score (nSPS) is 14.6. The lowest BCUT2D eigenvalue weighted by atomic mass is 9.80. The van der Waals surface area contributed by atoms with E-state index < -0.39 is 53.8 Å². The molecule has 1 aromatic carbocycles. The molecule has 1 aromatic rings. The van der Waals surface area contributed by atoms with Crippen LogP contribution >= 0.6 is 0 Å². The van der Waals surface area contributed by atoms with E-state index in [2.05, 4.69) is 19.2 Å². The Labute approximate surface area is 285 Å². The van der Waals surface area contributed by atoms with Gasteiger partial charge >= 0.3 is 11.9 Å². The van der Waals surface area contributed by atoms with E-state index in [-0.39, 0.29) is 30.7 Å². The second kappa shape index (κ2) is 22.2. The number of nitrogens with one attached hydrogen (secondary N) is 1. The lowest BCUT2D eigenvalue weighted by molar-refractivity contribution is -0.144. The van der Waals surface area contributed by atoms with Crippen LogP contribution < -0.4 is 32.0 Å². The lowest BCUT2D eigenvalue weighted by Crippen LogP contribution is -2.46. The van der Waals surface area contributed by atoms with Crippen LogP contribution in [0.15, 0.2) is 18.2 Å². The highest BCUT2D eigenvalue weighted by atomic mass is 16.5. The third-order valence-electron chi connectivity index (χ3n) is 8.21. The molecule has 0 fully saturated rings. The Hall–Kier alpha value is -3.46. The first-order valence-electron chi connectivity index (χ1n) is 16.3. The van der Waals surface area contributed by atoms with Crippen molar-refractivity contribution in [2.45, 2.75) is 91.8 Å². The van der Waals surface area contributed by atoms with E-state index >= 15 is 0 Å². The molecule has 0 aliphatic carbocycles. The smallest absolute Gasteiger partial charge is 0.321 e. The van der Waals surface area contributed by atoms with Crippen LogP contribution in [0.2, 0.25) is 0 Å². The molecular formula is C34H60N4O10. The summed E-state index contributed by atoms with van der Waals surface area (Å²) in [7, 11) is 3.29. The first-order chi connectivity index (χ1) is 22.3. The number of aliphatic hydroxyl groups is 1. The molecule has 0 heterocycles. The molecule has 0 bridgehead atoms. The summed E-state index contributed by atoms with van der Waals surface area (Å²) in [6.45, 7) is 12.9. The Kier molecular flexibility index (Phi) is 20.6. The molecule has 0 spiro atoms. The summed E-state index contributed by atoms with van der Waals surface area (Å²) < 4.78 is 16.5. The Balaban J connectivity index is 0.00000213. The topological polar surface area (TPSA) is 247 Å². The number of aliphatic hydroxyl groups excluding tert-OH is 1. The average molecular weight is 685 g/mol. The van der Waals surface area contributed by atoms with Crippen LogP contribution in [-0.2, 0) is 30.3 Å². The maximum Gasteiger partial charge on any atom is 0.321 e. The van der Waals surface area contributed by atoms with Crippen LogP contribution in [-0.4, -0.2) is 91.2 Å². The van der Waals surface area contributed by atoms with Crippen LogP contribution in [0.5, 0.6) is 11.5 Å². The number of ether oxygens (including phenoxy) is 3. The van der Waals surface area contributed by atoms with E-state index in [9.17, 15) is 24.3 Å². The molecule has 2 amide bonds. The minimum Gasteiger partial charge on any atom is -0.493 e. The molecule has 0 aliphatic heterocycles. The van der Waals surface area contributed by atoms with E-state index in [1.165, 1.54) is 0 Å². The van der Waals surface area contributed by atoms with E-state index in [1.807, 2.05) is 32.0 Å². The van der Waals surface area contributed by atoms with Crippen molar-refractivity contribution >= 4 is 23.8 Å². The van der Waals surface area contributed by atoms with Gasteiger partial charge in [-0.05, 0) is 68.6 Å². The van der Waals surface area contributed by atoms with Gasteiger partial charge in [-0.3, -0.25) is 19.2 Å². The zero-order valence-electron chi connectivity index (χ0n) is 29.9. The summed E-state index contributed by atoms with van der Waals surface area (Å²) in [5.74, 6) is -1.71. The first kappa shape index (κ1) is 44.5. The number of benzene rings is 1. The fraction of sp³-hybridized carbons (Fsp3) is 0.706. The Morgan fingerprint density at radius 2 is 1.56 bits per heavy atom. The van der Waals surface area contributed by atoms with Crippen molar-refractivity contribution in [3.63, 3.8) is 0 Å². The largest absolute Gasteiger partial charge is 0.493 e. The molecule has 0 saturated carbocycles. The van der Waals surface area contributed by atoms with E-state index in [0.29, 0.717) is 37.1 Å². The number of amides is 2. The molecule has 14 nitrogen and oxygen atoms in total. The number of hydrogen-bond acceptors (Lipinski definition) is 10. The zero-order chi connectivity index (χ0) is 37.2. The summed E-state index contributed by atoms with van der Waals surface area (Å²) in [4.78, 5) is 44.2. The molecule has 10 N–H and O–H groups in total. The molecule has 0 saturated heterocycles. The van der Waals surface area contributed by atoms with Gasteiger partial charge in [0.1, 0.15) is 6.04 Å². The highest BCUT2D eigenvalue weighted by Crippen LogP contribution is 2.32. The van der Waals surface area contributed by atoms with E-state index in [0.717, 1.165) is 18.4 Å². The SMILES string of the molecule is COCCCOc1cc(C[C@@H](C[C@H](N)[C@@H](O)C[C@H](C(=O)NCC(C)(C)C(N)=O)C(C)C)C(C)C)ccc1OC.N[C@H](CC(=O)O)C(=O)O. The number of carboxylic acid groups (broad SMARTS) is 2. The van der Waals surface area contributed by atoms with Gasteiger partial charge in [0.25, 0.3) is 0 Å². The Bertz CT molecular complexity index is 1140. The van der Waals surface area contributed by atoms with Crippen molar-refractivity contribution in [1.29, 1.82) is 0 Å². The van der Waals surface area contributed by atoms with Gasteiger partial charge in [0.05, 0.1) is 31.7 Å². The minimum atomic E-state index is -1.29. The van der Waals surface area contributed by atoms with Crippen molar-refractivity contribution in [1.82, 2.24) is 5.32 Å². The molecular weight excluding hydrogens is 624 g/mol. The van der Waals surface area contributed by atoms with Crippen LogP contribution in [0.25, 0.3) is 0 Å². The number of hydrogen-bond donors (Lipinski definition) is 7. The fourth-order valence-corrected chi connectivity index (χ4v) is 4.67. The predicted molar refractivity (Wildman–Crippen MR) is 182 cm³/mol. The second-order valence-electron chi connectivity index (χ2n) is 13.4. The van der Waals surface area contributed by atoms with Crippen LogP contribution in [0.3, 0.4) is 0 Å². The summed E-state index contributed by atoms with van der Waals surface area (Å²) >= 11 is 0.